The average molecular weight is 431 g/mol. The number of likely N-dealkylation sites (tertiary alicyclic amines) is 1. The highest BCUT2D eigenvalue weighted by Crippen LogP contribution is 2.22. The molecule has 1 fully saturated rings. The Balaban J connectivity index is 1.30. The Hall–Kier alpha value is -3.19. The molecule has 4 aromatic rings. The number of amides is 1. The minimum Gasteiger partial charge on any atom is -0.341 e. The van der Waals surface area contributed by atoms with Gasteiger partial charge in [0.2, 0.25) is 0 Å². The Morgan fingerprint density at radius 1 is 1.22 bits per heavy atom. The molecule has 1 amide bonds. The van der Waals surface area contributed by atoms with Gasteiger partial charge in [0.05, 0.1) is 23.1 Å². The van der Waals surface area contributed by atoms with Crippen LogP contribution in [0.4, 0.5) is 5.69 Å². The number of aromatic amines is 1. The number of carbonyl (C=O) groups is 1. The Labute approximate surface area is 187 Å². The van der Waals surface area contributed by atoms with Crippen molar-refractivity contribution in [3.63, 3.8) is 0 Å². The van der Waals surface area contributed by atoms with Crippen LogP contribution in [0, 0.1) is 0 Å². The second-order valence-corrected chi connectivity index (χ2v) is 8.85. The molecule has 7 nitrogen and oxygen atoms in total. The van der Waals surface area contributed by atoms with Crippen molar-refractivity contribution in [3.8, 4) is 0 Å². The molecule has 0 unspecified atom stereocenters. The van der Waals surface area contributed by atoms with Gasteiger partial charge in [-0.2, -0.15) is 5.10 Å². The molecule has 1 saturated heterocycles. The van der Waals surface area contributed by atoms with Crippen LogP contribution in [0.5, 0.6) is 0 Å². The number of carbonyl (C=O) groups excluding carboxylic acids is 1. The Morgan fingerprint density at radius 2 is 2.09 bits per heavy atom. The highest BCUT2D eigenvalue weighted by atomic mass is 16.1. The zero-order valence-electron chi connectivity index (χ0n) is 18.8. The fourth-order valence-corrected chi connectivity index (χ4v) is 4.49. The lowest BCUT2D eigenvalue weighted by molar-refractivity contribution is 0.102. The van der Waals surface area contributed by atoms with Gasteiger partial charge in [-0.3, -0.25) is 14.4 Å². The molecule has 0 bridgehead atoms. The highest BCUT2D eigenvalue weighted by Gasteiger charge is 2.21. The summed E-state index contributed by atoms with van der Waals surface area (Å²) < 4.78 is 1.96. The van der Waals surface area contributed by atoms with Crippen LogP contribution in [0.1, 0.15) is 55.7 Å². The van der Waals surface area contributed by atoms with Crippen molar-refractivity contribution in [1.82, 2.24) is 24.6 Å². The summed E-state index contributed by atoms with van der Waals surface area (Å²) in [6.45, 7) is 7.30. The van der Waals surface area contributed by atoms with Gasteiger partial charge < -0.3 is 10.3 Å². The van der Waals surface area contributed by atoms with E-state index in [1.165, 1.54) is 12.8 Å². The maximum absolute atomic E-state index is 12.9. The van der Waals surface area contributed by atoms with Crippen molar-refractivity contribution in [3.05, 3.63) is 54.0 Å². The molecular weight excluding hydrogens is 400 g/mol. The molecular formula is C25H30N6O. The predicted octanol–water partition coefficient (Wildman–Crippen LogP) is 4.95. The Bertz CT molecular complexity index is 1260. The quantitative estimate of drug-likeness (QED) is 0.435. The van der Waals surface area contributed by atoms with E-state index >= 15 is 0 Å². The molecule has 32 heavy (non-hydrogen) atoms. The van der Waals surface area contributed by atoms with Crippen LogP contribution in [0.15, 0.2) is 42.6 Å². The van der Waals surface area contributed by atoms with Crippen molar-refractivity contribution in [2.75, 3.05) is 11.9 Å². The van der Waals surface area contributed by atoms with Crippen LogP contribution in [-0.4, -0.2) is 43.1 Å². The number of rotatable bonds is 7. The lowest BCUT2D eigenvalue weighted by atomic mass is 10.1. The number of anilines is 1. The number of aromatic nitrogens is 4. The van der Waals surface area contributed by atoms with Crippen molar-refractivity contribution < 1.29 is 4.79 Å². The largest absolute Gasteiger partial charge is 0.341 e. The van der Waals surface area contributed by atoms with Gasteiger partial charge in [0.1, 0.15) is 5.82 Å². The summed E-state index contributed by atoms with van der Waals surface area (Å²) in [5.41, 5.74) is 4.16. The van der Waals surface area contributed by atoms with E-state index in [-0.39, 0.29) is 5.91 Å². The number of nitrogens with zero attached hydrogens (tertiary/aromatic N) is 4. The van der Waals surface area contributed by atoms with Gasteiger partial charge in [0.15, 0.2) is 0 Å². The van der Waals surface area contributed by atoms with Crippen LogP contribution in [0.3, 0.4) is 0 Å². The maximum Gasteiger partial charge on any atom is 0.255 e. The molecule has 0 radical (unpaired) electrons. The van der Waals surface area contributed by atoms with E-state index in [0.29, 0.717) is 11.6 Å². The van der Waals surface area contributed by atoms with E-state index in [1.807, 2.05) is 47.3 Å². The third-order valence-electron chi connectivity index (χ3n) is 6.39. The van der Waals surface area contributed by atoms with Gasteiger partial charge in [-0.25, -0.2) is 4.98 Å². The molecule has 166 valence electrons. The molecule has 0 aliphatic carbocycles. The smallest absolute Gasteiger partial charge is 0.255 e. The summed E-state index contributed by atoms with van der Waals surface area (Å²) in [5.74, 6) is 0.848. The first-order valence-corrected chi connectivity index (χ1v) is 11.6. The van der Waals surface area contributed by atoms with Crippen molar-refractivity contribution >= 4 is 33.5 Å². The van der Waals surface area contributed by atoms with E-state index < -0.39 is 0 Å². The second kappa shape index (κ2) is 8.74. The van der Waals surface area contributed by atoms with Gasteiger partial charge in [-0.05, 0) is 69.1 Å². The van der Waals surface area contributed by atoms with Crippen LogP contribution >= 0.6 is 0 Å². The highest BCUT2D eigenvalue weighted by molar-refractivity contribution is 6.06. The number of benzene rings is 2. The number of fused-ring (bicyclic) bond motifs is 2. The molecule has 2 aromatic heterocycles. The van der Waals surface area contributed by atoms with Gasteiger partial charge in [0, 0.05) is 35.4 Å². The molecule has 3 heterocycles. The zero-order chi connectivity index (χ0) is 22.1. The standard InChI is InChI=1S/C25H30N6O/c1-3-4-12-31-15-19-13-18(7-9-21(19)29-31)25(32)26-20-8-10-22-23(14-20)28-24(27-22)16-30-11-5-6-17(30)2/h7-10,13-15,17H,3-6,11-12,16H2,1-2H3,(H,26,32)(H,27,28)/t17-/m0/s1. The summed E-state index contributed by atoms with van der Waals surface area (Å²) in [6.07, 6.45) is 6.74. The third kappa shape index (κ3) is 4.25. The first-order chi connectivity index (χ1) is 15.6. The van der Waals surface area contributed by atoms with Gasteiger partial charge in [0.25, 0.3) is 5.91 Å². The van der Waals surface area contributed by atoms with Crippen molar-refractivity contribution in [2.45, 2.75) is 58.7 Å². The minimum absolute atomic E-state index is 0.127. The third-order valence-corrected chi connectivity index (χ3v) is 6.39. The summed E-state index contributed by atoms with van der Waals surface area (Å²) in [7, 11) is 0. The van der Waals surface area contributed by atoms with Gasteiger partial charge >= 0.3 is 0 Å². The summed E-state index contributed by atoms with van der Waals surface area (Å²) in [4.78, 5) is 23.5. The normalized spacial score (nSPS) is 16.9. The molecule has 1 aliphatic heterocycles. The monoisotopic (exact) mass is 430 g/mol. The number of unbranched alkanes of at least 4 members (excludes halogenated alkanes) is 1. The molecule has 1 atom stereocenters. The number of hydrogen-bond acceptors (Lipinski definition) is 4. The molecule has 2 N–H and O–H groups in total. The number of aryl methyl sites for hydroxylation is 1. The molecule has 2 aromatic carbocycles. The number of nitrogens with one attached hydrogen (secondary N) is 2. The molecule has 7 heteroatoms. The number of H-pyrrole nitrogens is 1. The predicted molar refractivity (Wildman–Crippen MR) is 128 cm³/mol. The fourth-order valence-electron chi connectivity index (χ4n) is 4.49. The summed E-state index contributed by atoms with van der Waals surface area (Å²) in [6, 6.07) is 12.1. The van der Waals surface area contributed by atoms with Crippen molar-refractivity contribution in [1.29, 1.82) is 0 Å². The van der Waals surface area contributed by atoms with Crippen LogP contribution in [0.25, 0.3) is 21.9 Å². The van der Waals surface area contributed by atoms with Crippen LogP contribution < -0.4 is 5.32 Å². The first kappa shape index (κ1) is 20.7. The SMILES string of the molecule is CCCCn1cc2cc(C(=O)Nc3ccc4nc(CN5CCC[C@@H]5C)[nH]c4c3)ccc2n1. The van der Waals surface area contributed by atoms with Gasteiger partial charge in [-0.15, -0.1) is 0 Å². The number of imidazole rings is 1. The van der Waals surface area contributed by atoms with Crippen molar-refractivity contribution in [2.24, 2.45) is 0 Å². The lowest BCUT2D eigenvalue weighted by Gasteiger charge is -2.19. The minimum atomic E-state index is -0.127. The van der Waals surface area contributed by atoms with Gasteiger partial charge in [-0.1, -0.05) is 13.3 Å². The van der Waals surface area contributed by atoms with Crippen LogP contribution in [0.2, 0.25) is 0 Å². The van der Waals surface area contributed by atoms with E-state index in [9.17, 15) is 4.79 Å². The maximum atomic E-state index is 12.9. The van der Waals surface area contributed by atoms with E-state index in [0.717, 1.165) is 65.9 Å². The van der Waals surface area contributed by atoms with E-state index in [4.69, 9.17) is 4.98 Å². The van der Waals surface area contributed by atoms with Crippen LogP contribution in [-0.2, 0) is 13.1 Å². The average Bonchev–Trinajstić information content (AvgIpc) is 3.49. The topological polar surface area (TPSA) is 78.8 Å². The fraction of sp³-hybridized carbons (Fsp3) is 0.400. The Morgan fingerprint density at radius 3 is 2.91 bits per heavy atom. The van der Waals surface area contributed by atoms with E-state index in [1.54, 1.807) is 0 Å². The molecule has 5 rings (SSSR count). The molecule has 1 aliphatic rings. The lowest BCUT2D eigenvalue weighted by Crippen LogP contribution is -2.26. The summed E-state index contributed by atoms with van der Waals surface area (Å²) in [5, 5.41) is 8.59. The Kier molecular flexibility index (Phi) is 5.66. The number of hydrogen-bond donors (Lipinski definition) is 2. The van der Waals surface area contributed by atoms with E-state index in [2.05, 4.69) is 34.1 Å². The first-order valence-electron chi connectivity index (χ1n) is 11.6. The summed E-state index contributed by atoms with van der Waals surface area (Å²) >= 11 is 0. The second-order valence-electron chi connectivity index (χ2n) is 8.85. The molecule has 0 saturated carbocycles. The zero-order valence-corrected chi connectivity index (χ0v) is 18.8. The molecule has 0 spiro atoms.